The maximum Gasteiger partial charge on any atom is 0.339 e. The minimum Gasteiger partial charge on any atom is -0.497 e. The first-order chi connectivity index (χ1) is 15.5. The smallest absolute Gasteiger partial charge is 0.339 e. The number of esters is 1. The molecule has 0 spiro atoms. The highest BCUT2D eigenvalue weighted by Gasteiger charge is 2.33. The Morgan fingerprint density at radius 1 is 1.09 bits per heavy atom. The first-order valence-corrected chi connectivity index (χ1v) is 11.0. The van der Waals surface area contributed by atoms with E-state index in [0.29, 0.717) is 12.1 Å². The summed E-state index contributed by atoms with van der Waals surface area (Å²) in [5, 5.41) is 0.728. The van der Waals surface area contributed by atoms with E-state index in [2.05, 4.69) is 4.98 Å². The Morgan fingerprint density at radius 3 is 2.47 bits per heavy atom. The second-order valence-corrected chi connectivity index (χ2v) is 8.44. The second-order valence-electron chi connectivity index (χ2n) is 8.44. The molecular formula is C26H28N2O4. The van der Waals surface area contributed by atoms with Crippen molar-refractivity contribution in [1.82, 2.24) is 9.88 Å². The van der Waals surface area contributed by atoms with E-state index in [1.807, 2.05) is 62.4 Å². The van der Waals surface area contributed by atoms with Crippen LogP contribution in [0.4, 0.5) is 0 Å². The average molecular weight is 433 g/mol. The molecule has 1 aliphatic rings. The Balaban J connectivity index is 1.47. The molecule has 0 saturated heterocycles. The highest BCUT2D eigenvalue weighted by atomic mass is 16.5. The van der Waals surface area contributed by atoms with Gasteiger partial charge in [0.2, 0.25) is 0 Å². The molecule has 6 nitrogen and oxygen atoms in total. The molecule has 1 amide bonds. The van der Waals surface area contributed by atoms with Crippen LogP contribution in [0.25, 0.3) is 10.9 Å². The number of nitrogens with zero attached hydrogens (tertiary/aromatic N) is 2. The van der Waals surface area contributed by atoms with E-state index < -0.39 is 5.97 Å². The molecule has 0 unspecified atom stereocenters. The number of para-hydroxylation sites is 1. The summed E-state index contributed by atoms with van der Waals surface area (Å²) < 4.78 is 10.7. The third kappa shape index (κ3) is 4.90. The molecule has 1 aliphatic carbocycles. The van der Waals surface area contributed by atoms with Crippen molar-refractivity contribution in [2.45, 2.75) is 45.2 Å². The summed E-state index contributed by atoms with van der Waals surface area (Å²) in [6, 6.07) is 17.1. The molecule has 4 rings (SSSR count). The van der Waals surface area contributed by atoms with Crippen LogP contribution in [0.2, 0.25) is 0 Å². The molecule has 32 heavy (non-hydrogen) atoms. The van der Waals surface area contributed by atoms with Crippen molar-refractivity contribution in [3.05, 3.63) is 71.4 Å². The number of benzene rings is 2. The summed E-state index contributed by atoms with van der Waals surface area (Å²) >= 11 is 0. The maximum absolute atomic E-state index is 12.9. The standard InChI is InChI=1S/C26H28N2O4/c1-17(2)24-14-22(21-6-4-5-7-23(21)27-24)26(30)32-16-25(29)28(19-10-11-19)15-18-8-12-20(31-3)13-9-18/h4-9,12-14,17,19H,10-11,15-16H2,1-3H3. The molecule has 0 atom stereocenters. The zero-order chi connectivity index (χ0) is 22.7. The van der Waals surface area contributed by atoms with E-state index in [9.17, 15) is 9.59 Å². The van der Waals surface area contributed by atoms with Crippen molar-refractivity contribution in [2.24, 2.45) is 0 Å². The van der Waals surface area contributed by atoms with Crippen molar-refractivity contribution in [3.8, 4) is 5.75 Å². The van der Waals surface area contributed by atoms with Gasteiger partial charge in [0.1, 0.15) is 5.75 Å². The van der Waals surface area contributed by atoms with Gasteiger partial charge in [0, 0.05) is 23.7 Å². The third-order valence-corrected chi connectivity index (χ3v) is 5.69. The number of carbonyl (C=O) groups is 2. The van der Waals surface area contributed by atoms with Crippen molar-refractivity contribution in [2.75, 3.05) is 13.7 Å². The van der Waals surface area contributed by atoms with E-state index in [-0.39, 0.29) is 24.5 Å². The number of pyridine rings is 1. The van der Waals surface area contributed by atoms with Crippen molar-refractivity contribution >= 4 is 22.8 Å². The number of fused-ring (bicyclic) bond motifs is 1. The van der Waals surface area contributed by atoms with E-state index in [1.54, 1.807) is 18.1 Å². The summed E-state index contributed by atoms with van der Waals surface area (Å²) in [4.78, 5) is 32.3. The number of carbonyl (C=O) groups excluding carboxylic acids is 2. The molecule has 166 valence electrons. The number of ether oxygens (including phenoxy) is 2. The molecule has 0 N–H and O–H groups in total. The number of methoxy groups -OCH3 is 1. The average Bonchev–Trinajstić information content (AvgIpc) is 3.65. The van der Waals surface area contributed by atoms with Gasteiger partial charge >= 0.3 is 5.97 Å². The number of hydrogen-bond donors (Lipinski definition) is 0. The first kappa shape index (κ1) is 21.8. The summed E-state index contributed by atoms with van der Waals surface area (Å²) in [7, 11) is 1.62. The Kier molecular flexibility index (Phi) is 6.40. The van der Waals surface area contributed by atoms with Gasteiger partial charge in [-0.1, -0.05) is 44.2 Å². The predicted molar refractivity (Wildman–Crippen MR) is 123 cm³/mol. The lowest BCUT2D eigenvalue weighted by Crippen LogP contribution is -2.36. The fourth-order valence-corrected chi connectivity index (χ4v) is 3.68. The van der Waals surface area contributed by atoms with Crippen molar-refractivity contribution in [1.29, 1.82) is 0 Å². The van der Waals surface area contributed by atoms with Gasteiger partial charge in [-0.3, -0.25) is 9.78 Å². The van der Waals surface area contributed by atoms with Gasteiger partial charge in [-0.05, 0) is 48.6 Å². The minimum atomic E-state index is -0.501. The van der Waals surface area contributed by atoms with Gasteiger partial charge in [-0.25, -0.2) is 4.79 Å². The number of aromatic nitrogens is 1. The first-order valence-electron chi connectivity index (χ1n) is 11.0. The van der Waals surface area contributed by atoms with Crippen LogP contribution in [0.15, 0.2) is 54.6 Å². The van der Waals surface area contributed by atoms with Gasteiger partial charge in [-0.2, -0.15) is 0 Å². The second kappa shape index (κ2) is 9.39. The maximum atomic E-state index is 12.9. The van der Waals surface area contributed by atoms with Crippen LogP contribution in [-0.4, -0.2) is 41.5 Å². The van der Waals surface area contributed by atoms with Crippen LogP contribution >= 0.6 is 0 Å². The molecule has 1 heterocycles. The lowest BCUT2D eigenvalue weighted by molar-refractivity contribution is -0.135. The molecule has 3 aromatic rings. The highest BCUT2D eigenvalue weighted by molar-refractivity contribution is 6.04. The Hall–Kier alpha value is -3.41. The third-order valence-electron chi connectivity index (χ3n) is 5.69. The van der Waals surface area contributed by atoms with Gasteiger partial charge in [0.25, 0.3) is 5.91 Å². The Labute approximate surface area is 188 Å². The van der Waals surface area contributed by atoms with Gasteiger partial charge in [0.15, 0.2) is 6.61 Å². The van der Waals surface area contributed by atoms with Gasteiger partial charge < -0.3 is 14.4 Å². The summed E-state index contributed by atoms with van der Waals surface area (Å²) in [6.07, 6.45) is 1.95. The van der Waals surface area contributed by atoms with Crippen LogP contribution in [0.3, 0.4) is 0 Å². The van der Waals surface area contributed by atoms with E-state index >= 15 is 0 Å². The molecule has 1 fully saturated rings. The van der Waals surface area contributed by atoms with Gasteiger partial charge in [0.05, 0.1) is 18.2 Å². The van der Waals surface area contributed by atoms with Gasteiger partial charge in [-0.15, -0.1) is 0 Å². The zero-order valence-corrected chi connectivity index (χ0v) is 18.7. The summed E-state index contributed by atoms with van der Waals surface area (Å²) in [5.74, 6) is 0.262. The van der Waals surface area contributed by atoms with Crippen molar-refractivity contribution < 1.29 is 19.1 Å². The van der Waals surface area contributed by atoms with Crippen LogP contribution in [0.1, 0.15) is 54.2 Å². The topological polar surface area (TPSA) is 68.7 Å². The Bertz CT molecular complexity index is 1120. The monoisotopic (exact) mass is 432 g/mol. The number of amides is 1. The number of rotatable bonds is 8. The number of hydrogen-bond acceptors (Lipinski definition) is 5. The minimum absolute atomic E-state index is 0.169. The predicted octanol–water partition coefficient (Wildman–Crippen LogP) is 4.71. The van der Waals surface area contributed by atoms with E-state index in [1.165, 1.54) is 0 Å². The summed E-state index contributed by atoms with van der Waals surface area (Å²) in [5.41, 5.74) is 3.02. The van der Waals surface area contributed by atoms with Crippen molar-refractivity contribution in [3.63, 3.8) is 0 Å². The lowest BCUT2D eigenvalue weighted by Gasteiger charge is -2.22. The lowest BCUT2D eigenvalue weighted by atomic mass is 10.0. The molecule has 6 heteroatoms. The largest absolute Gasteiger partial charge is 0.497 e. The van der Waals surface area contributed by atoms with Crippen LogP contribution in [0, 0.1) is 0 Å². The zero-order valence-electron chi connectivity index (χ0n) is 18.7. The normalized spacial score (nSPS) is 13.2. The Morgan fingerprint density at radius 2 is 1.81 bits per heavy atom. The highest BCUT2D eigenvalue weighted by Crippen LogP contribution is 2.29. The fourth-order valence-electron chi connectivity index (χ4n) is 3.68. The van der Waals surface area contributed by atoms with E-state index in [4.69, 9.17) is 9.47 Å². The van der Waals surface area contributed by atoms with Crippen LogP contribution in [0.5, 0.6) is 5.75 Å². The quantitative estimate of drug-likeness (QED) is 0.482. The molecule has 0 radical (unpaired) electrons. The van der Waals surface area contributed by atoms with E-state index in [0.717, 1.165) is 40.8 Å². The van der Waals surface area contributed by atoms with Crippen LogP contribution < -0.4 is 4.74 Å². The molecule has 1 aromatic heterocycles. The fraction of sp³-hybridized carbons (Fsp3) is 0.346. The van der Waals surface area contributed by atoms with Crippen LogP contribution in [-0.2, 0) is 16.1 Å². The molecule has 0 bridgehead atoms. The summed E-state index contributed by atoms with van der Waals surface area (Å²) in [6.45, 7) is 4.27. The molecule has 2 aromatic carbocycles. The molecular weight excluding hydrogens is 404 g/mol. The SMILES string of the molecule is COc1ccc(CN(C(=O)COC(=O)c2cc(C(C)C)nc3ccccc23)C2CC2)cc1. The molecule has 0 aliphatic heterocycles. The molecule has 1 saturated carbocycles.